The van der Waals surface area contributed by atoms with E-state index in [4.69, 9.17) is 9.84 Å². The topological polar surface area (TPSA) is 125 Å². The van der Waals surface area contributed by atoms with Crippen LogP contribution >= 0.6 is 0 Å². The zero-order valence-electron chi connectivity index (χ0n) is 41.5. The molecule has 3 aliphatic heterocycles. The Hall–Kier alpha value is -6.69. The Labute approximate surface area is 415 Å². The van der Waals surface area contributed by atoms with Gasteiger partial charge in [0.25, 0.3) is 12.9 Å². The number of benzene rings is 3. The van der Waals surface area contributed by atoms with Gasteiger partial charge in [0.15, 0.2) is 5.82 Å². The molecule has 1 N–H and O–H groups in total. The first-order valence-corrected chi connectivity index (χ1v) is 25.3. The molecule has 0 radical (unpaired) electrons. The molecule has 1 atom stereocenters. The molecule has 2 aliphatic carbocycles. The third-order valence-corrected chi connectivity index (χ3v) is 15.6. The summed E-state index contributed by atoms with van der Waals surface area (Å²) in [4.78, 5) is 29.6. The quantitative estimate of drug-likeness (QED) is 0.142. The molecule has 7 heterocycles. The highest BCUT2D eigenvalue weighted by Gasteiger charge is 2.36. The minimum Gasteiger partial charge on any atom is -0.381 e. The van der Waals surface area contributed by atoms with Crippen molar-refractivity contribution in [2.24, 2.45) is 34.1 Å². The molecule has 0 spiro atoms. The number of hydrogen-bond donors (Lipinski definition) is 1. The number of alkyl halides is 4. The van der Waals surface area contributed by atoms with Gasteiger partial charge in [-0.05, 0) is 141 Å². The Morgan fingerprint density at radius 2 is 1.33 bits per heavy atom. The number of rotatable bonds is 9. The van der Waals surface area contributed by atoms with Gasteiger partial charge in [-0.2, -0.15) is 15.3 Å². The minimum atomic E-state index is -2.62. The van der Waals surface area contributed by atoms with Gasteiger partial charge in [-0.15, -0.1) is 0 Å². The highest BCUT2D eigenvalue weighted by atomic mass is 19.3. The molecule has 72 heavy (non-hydrogen) atoms. The molecule has 18 heteroatoms. The monoisotopic (exact) mass is 987 g/mol. The van der Waals surface area contributed by atoms with E-state index in [1.807, 2.05) is 25.2 Å². The van der Waals surface area contributed by atoms with Gasteiger partial charge in [0, 0.05) is 130 Å². The summed E-state index contributed by atoms with van der Waals surface area (Å²) in [7, 11) is 8.87. The molecule has 3 aromatic carbocycles. The Balaban J connectivity index is 0.000000157. The van der Waals surface area contributed by atoms with Gasteiger partial charge in [-0.25, -0.2) is 22.4 Å². The molecule has 378 valence electrons. The number of carbonyl (C=O) groups is 1. The lowest BCUT2D eigenvalue weighted by Crippen LogP contribution is -2.33. The summed E-state index contributed by atoms with van der Waals surface area (Å²) in [5.41, 5.74) is 12.4. The van der Waals surface area contributed by atoms with Crippen LogP contribution in [0.15, 0.2) is 66.0 Å². The standard InChI is InChI=1S/C28H34F2N6O2.C26H27F2N5O/c1-31-28(37)18-5-6-24-23(13-18)27(33-36(24)20-7-10-38-11-8-20)35-9-3-4-17-12-21(19-15-32-34(2)16-19)22(26(29)30)14-25(17)35;1-30-14-17(13-29-30)19-9-16-5-4-8-33(22(16)12-21(19)25(27)28)18-10-20(15-6-7-15)24-23(11-18)31(2)26(34)32(24)3/h12,14-16,18,20,26H,3-11,13H2,1-2H3,(H,31,37);9-15,25H,4-8H2,1-3H3. The second-order valence-electron chi connectivity index (χ2n) is 20.2. The zero-order valence-corrected chi connectivity index (χ0v) is 41.5. The summed E-state index contributed by atoms with van der Waals surface area (Å²) in [6.45, 7) is 2.86. The summed E-state index contributed by atoms with van der Waals surface area (Å²) in [5, 5.41) is 16.4. The van der Waals surface area contributed by atoms with Crippen molar-refractivity contribution < 1.29 is 27.1 Å². The summed E-state index contributed by atoms with van der Waals surface area (Å²) in [6, 6.07) is 11.6. The first kappa shape index (κ1) is 47.6. The molecule has 1 unspecified atom stereocenters. The van der Waals surface area contributed by atoms with E-state index in [1.165, 1.54) is 11.3 Å². The van der Waals surface area contributed by atoms with Gasteiger partial charge in [-0.1, -0.05) is 0 Å². The number of carbonyl (C=O) groups excluding carboxylic acids is 1. The first-order valence-electron chi connectivity index (χ1n) is 25.3. The van der Waals surface area contributed by atoms with Crippen LogP contribution in [0.5, 0.6) is 0 Å². The van der Waals surface area contributed by atoms with Crippen LogP contribution in [0.3, 0.4) is 0 Å². The number of halogens is 4. The van der Waals surface area contributed by atoms with E-state index in [2.05, 4.69) is 36.1 Å². The van der Waals surface area contributed by atoms with E-state index in [0.29, 0.717) is 54.4 Å². The van der Waals surface area contributed by atoms with E-state index in [9.17, 15) is 27.2 Å². The van der Waals surface area contributed by atoms with Crippen LogP contribution in [0, 0.1) is 5.92 Å². The number of aromatic nitrogens is 8. The Morgan fingerprint density at radius 1 is 0.736 bits per heavy atom. The highest BCUT2D eigenvalue weighted by molar-refractivity contribution is 5.88. The van der Waals surface area contributed by atoms with E-state index in [0.717, 1.165) is 121 Å². The van der Waals surface area contributed by atoms with Crippen LogP contribution in [0.4, 0.5) is 40.4 Å². The Kier molecular flexibility index (Phi) is 12.6. The fraction of sp³-hybridized carbons (Fsp3) is 0.463. The largest absolute Gasteiger partial charge is 0.381 e. The van der Waals surface area contributed by atoms with E-state index < -0.39 is 12.9 Å². The average molecular weight is 988 g/mol. The lowest BCUT2D eigenvalue weighted by Gasteiger charge is -2.33. The Morgan fingerprint density at radius 3 is 1.89 bits per heavy atom. The molecule has 5 aliphatic rings. The zero-order chi connectivity index (χ0) is 50.1. The molecule has 1 saturated carbocycles. The maximum atomic E-state index is 14.4. The van der Waals surface area contributed by atoms with Crippen molar-refractivity contribution in [2.45, 2.75) is 95.4 Å². The fourth-order valence-electron chi connectivity index (χ4n) is 11.8. The number of ether oxygens (including phenoxy) is 1. The number of imidazole rings is 1. The third-order valence-electron chi connectivity index (χ3n) is 15.6. The summed E-state index contributed by atoms with van der Waals surface area (Å²) < 4.78 is 71.7. The molecule has 1 amide bonds. The molecule has 1 saturated heterocycles. The van der Waals surface area contributed by atoms with Gasteiger partial charge >= 0.3 is 5.69 Å². The van der Waals surface area contributed by atoms with Crippen LogP contribution in [-0.4, -0.2) is 77.7 Å². The summed E-state index contributed by atoms with van der Waals surface area (Å²) in [6.07, 6.45) is 11.3. The molecular formula is C54H61F4N11O3. The van der Waals surface area contributed by atoms with E-state index in [1.54, 1.807) is 83.6 Å². The lowest BCUT2D eigenvalue weighted by molar-refractivity contribution is -0.124. The molecular weight excluding hydrogens is 927 g/mol. The average Bonchev–Trinajstić information content (AvgIpc) is 3.71. The number of amides is 1. The highest BCUT2D eigenvalue weighted by Crippen LogP contribution is 2.48. The second kappa shape index (κ2) is 19.1. The lowest BCUT2D eigenvalue weighted by atomic mass is 9.85. The summed E-state index contributed by atoms with van der Waals surface area (Å²) in [5.74, 6) is 1.19. The molecule has 4 aromatic heterocycles. The SMILES string of the molecule is CNC(=O)C1CCc2c(c(N3CCCc4cc(-c5cnn(C)c5)c(C(F)F)cc43)nn2C2CCOCC2)C1.Cn1cc(-c2cc3c(cc2C(F)F)N(c2cc(C4CC4)c4c(c2)n(C)c(=O)n4C)CCC3)cn1. The van der Waals surface area contributed by atoms with Crippen LogP contribution in [-0.2, 0) is 63.4 Å². The number of fused-ring (bicyclic) bond motifs is 4. The van der Waals surface area contributed by atoms with Crippen molar-refractivity contribution in [3.63, 3.8) is 0 Å². The second-order valence-corrected chi connectivity index (χ2v) is 20.2. The van der Waals surface area contributed by atoms with Gasteiger partial charge in [0.05, 0.1) is 29.5 Å². The van der Waals surface area contributed by atoms with Gasteiger partial charge < -0.3 is 19.9 Å². The van der Waals surface area contributed by atoms with Gasteiger partial charge in [0.2, 0.25) is 5.91 Å². The smallest absolute Gasteiger partial charge is 0.328 e. The molecule has 0 bridgehead atoms. The predicted octanol–water partition coefficient (Wildman–Crippen LogP) is 9.68. The van der Waals surface area contributed by atoms with Crippen LogP contribution < -0.4 is 20.8 Å². The van der Waals surface area contributed by atoms with Crippen molar-refractivity contribution >= 4 is 39.8 Å². The van der Waals surface area contributed by atoms with Crippen LogP contribution in [0.25, 0.3) is 33.3 Å². The number of nitrogens with one attached hydrogen (secondary N) is 1. The maximum Gasteiger partial charge on any atom is 0.328 e. The third kappa shape index (κ3) is 8.57. The Bertz CT molecular complexity index is 3260. The van der Waals surface area contributed by atoms with E-state index in [-0.39, 0.29) is 34.7 Å². The number of nitrogens with zero attached hydrogens (tertiary/aromatic N) is 10. The fourth-order valence-corrected chi connectivity index (χ4v) is 11.8. The predicted molar refractivity (Wildman–Crippen MR) is 269 cm³/mol. The summed E-state index contributed by atoms with van der Waals surface area (Å²) >= 11 is 0. The van der Waals surface area contributed by atoms with Crippen molar-refractivity contribution in [3.8, 4) is 22.3 Å². The van der Waals surface area contributed by atoms with Gasteiger partial charge in [-0.3, -0.25) is 28.0 Å². The van der Waals surface area contributed by atoms with Crippen molar-refractivity contribution in [1.82, 2.24) is 43.8 Å². The minimum absolute atomic E-state index is 0.00427. The maximum absolute atomic E-state index is 14.4. The molecule has 12 rings (SSSR count). The number of hydrogen-bond acceptors (Lipinski definition) is 8. The number of aryl methyl sites for hydroxylation is 6. The van der Waals surface area contributed by atoms with E-state index >= 15 is 0 Å². The first-order chi connectivity index (χ1) is 34.8. The van der Waals surface area contributed by atoms with Gasteiger partial charge in [0.1, 0.15) is 0 Å². The molecule has 2 fully saturated rings. The number of anilines is 4. The molecule has 14 nitrogen and oxygen atoms in total. The molecule has 7 aromatic rings. The normalized spacial score (nSPS) is 18.1. The van der Waals surface area contributed by atoms with Crippen molar-refractivity contribution in [1.29, 1.82) is 0 Å². The van der Waals surface area contributed by atoms with Crippen molar-refractivity contribution in [3.05, 3.63) is 111 Å². The van der Waals surface area contributed by atoms with Crippen molar-refractivity contribution in [2.75, 3.05) is 43.2 Å². The van der Waals surface area contributed by atoms with Crippen LogP contribution in [0.2, 0.25) is 0 Å². The van der Waals surface area contributed by atoms with Crippen LogP contribution in [0.1, 0.15) is 109 Å².